The third kappa shape index (κ3) is 2.13. The van der Waals surface area contributed by atoms with E-state index < -0.39 is 0 Å². The van der Waals surface area contributed by atoms with Crippen LogP contribution in [0, 0.1) is 6.92 Å². The zero-order chi connectivity index (χ0) is 13.4. The molecule has 0 radical (unpaired) electrons. The Morgan fingerprint density at radius 2 is 2.21 bits per heavy atom. The fourth-order valence-electron chi connectivity index (χ4n) is 1.92. The SMILES string of the molecule is COC(=O)c1ccn2cc(-c3ccc(C)s3)nc2c1. The molecule has 3 heterocycles. The molecular formula is C14H12N2O2S. The van der Waals surface area contributed by atoms with E-state index in [0.29, 0.717) is 5.56 Å². The van der Waals surface area contributed by atoms with E-state index in [1.54, 1.807) is 23.5 Å². The van der Waals surface area contributed by atoms with Crippen molar-refractivity contribution < 1.29 is 9.53 Å². The number of aryl methyl sites for hydroxylation is 1. The lowest BCUT2D eigenvalue weighted by atomic mass is 10.3. The predicted octanol–water partition coefficient (Wildman–Crippen LogP) is 3.16. The van der Waals surface area contributed by atoms with E-state index in [1.165, 1.54) is 12.0 Å². The number of carbonyl (C=O) groups is 1. The molecule has 96 valence electrons. The van der Waals surface area contributed by atoms with Gasteiger partial charge in [-0.2, -0.15) is 0 Å². The van der Waals surface area contributed by atoms with Crippen LogP contribution in [0.15, 0.2) is 36.7 Å². The van der Waals surface area contributed by atoms with Gasteiger partial charge in [-0.3, -0.25) is 0 Å². The molecule has 0 fully saturated rings. The maximum atomic E-state index is 11.5. The van der Waals surface area contributed by atoms with E-state index >= 15 is 0 Å². The second-order valence-electron chi connectivity index (χ2n) is 4.21. The summed E-state index contributed by atoms with van der Waals surface area (Å²) in [6.07, 6.45) is 3.78. The fraction of sp³-hybridized carbons (Fsp3) is 0.143. The van der Waals surface area contributed by atoms with E-state index in [0.717, 1.165) is 16.2 Å². The molecule has 0 aromatic carbocycles. The van der Waals surface area contributed by atoms with Crippen molar-refractivity contribution in [3.63, 3.8) is 0 Å². The van der Waals surface area contributed by atoms with Gasteiger partial charge in [0.05, 0.1) is 23.2 Å². The van der Waals surface area contributed by atoms with Crippen LogP contribution in [0.2, 0.25) is 0 Å². The van der Waals surface area contributed by atoms with Gasteiger partial charge in [0.1, 0.15) is 5.65 Å². The average molecular weight is 272 g/mol. The molecule has 0 bridgehead atoms. The van der Waals surface area contributed by atoms with Gasteiger partial charge in [-0.25, -0.2) is 9.78 Å². The summed E-state index contributed by atoms with van der Waals surface area (Å²) in [5.41, 5.74) is 2.17. The van der Waals surface area contributed by atoms with Crippen LogP contribution in [0.4, 0.5) is 0 Å². The molecule has 0 spiro atoms. The summed E-state index contributed by atoms with van der Waals surface area (Å²) in [5, 5.41) is 0. The second kappa shape index (κ2) is 4.51. The van der Waals surface area contributed by atoms with Crippen LogP contribution in [-0.2, 0) is 4.74 Å². The number of esters is 1. The quantitative estimate of drug-likeness (QED) is 0.673. The van der Waals surface area contributed by atoms with Crippen molar-refractivity contribution in [3.8, 4) is 10.6 Å². The molecule has 0 unspecified atom stereocenters. The second-order valence-corrected chi connectivity index (χ2v) is 5.50. The van der Waals surface area contributed by atoms with Crippen molar-refractivity contribution in [3.05, 3.63) is 47.1 Å². The molecule has 4 nitrogen and oxygen atoms in total. The molecule has 0 amide bonds. The maximum Gasteiger partial charge on any atom is 0.338 e. The van der Waals surface area contributed by atoms with Crippen molar-refractivity contribution in [1.29, 1.82) is 0 Å². The third-order valence-electron chi connectivity index (χ3n) is 2.87. The van der Waals surface area contributed by atoms with Crippen molar-refractivity contribution in [2.45, 2.75) is 6.92 Å². The topological polar surface area (TPSA) is 43.6 Å². The lowest BCUT2D eigenvalue weighted by Crippen LogP contribution is -2.01. The predicted molar refractivity (Wildman–Crippen MR) is 74.6 cm³/mol. The molecule has 3 rings (SSSR count). The number of rotatable bonds is 2. The third-order valence-corrected chi connectivity index (χ3v) is 3.90. The smallest absolute Gasteiger partial charge is 0.338 e. The van der Waals surface area contributed by atoms with Crippen molar-refractivity contribution >= 4 is 23.0 Å². The molecule has 0 N–H and O–H groups in total. The van der Waals surface area contributed by atoms with Gasteiger partial charge in [-0.05, 0) is 31.2 Å². The largest absolute Gasteiger partial charge is 0.465 e. The Morgan fingerprint density at radius 1 is 1.37 bits per heavy atom. The fourth-order valence-corrected chi connectivity index (χ4v) is 2.74. The summed E-state index contributed by atoms with van der Waals surface area (Å²) in [6.45, 7) is 2.07. The molecule has 0 atom stereocenters. The molecule has 5 heteroatoms. The zero-order valence-electron chi connectivity index (χ0n) is 10.6. The van der Waals surface area contributed by atoms with Crippen LogP contribution >= 0.6 is 11.3 Å². The first-order valence-electron chi connectivity index (χ1n) is 5.81. The Kier molecular flexibility index (Phi) is 2.83. The number of fused-ring (bicyclic) bond motifs is 1. The van der Waals surface area contributed by atoms with Gasteiger partial charge in [-0.1, -0.05) is 0 Å². The van der Waals surface area contributed by atoms with Crippen LogP contribution in [0.25, 0.3) is 16.2 Å². The van der Waals surface area contributed by atoms with E-state index in [-0.39, 0.29) is 5.97 Å². The number of carbonyl (C=O) groups excluding carboxylic acids is 1. The summed E-state index contributed by atoms with van der Waals surface area (Å²) in [6, 6.07) is 7.59. The summed E-state index contributed by atoms with van der Waals surface area (Å²) in [7, 11) is 1.37. The number of methoxy groups -OCH3 is 1. The van der Waals surface area contributed by atoms with Crippen molar-refractivity contribution in [2.75, 3.05) is 7.11 Å². The van der Waals surface area contributed by atoms with Gasteiger partial charge in [-0.15, -0.1) is 11.3 Å². The Hall–Kier alpha value is -2.14. The highest BCUT2D eigenvalue weighted by Crippen LogP contribution is 2.27. The number of nitrogens with zero attached hydrogens (tertiary/aromatic N) is 2. The van der Waals surface area contributed by atoms with Gasteiger partial charge in [0.15, 0.2) is 0 Å². The highest BCUT2D eigenvalue weighted by molar-refractivity contribution is 7.15. The number of pyridine rings is 1. The Labute approximate surface area is 114 Å². The lowest BCUT2D eigenvalue weighted by Gasteiger charge is -1.98. The molecule has 0 aliphatic rings. The van der Waals surface area contributed by atoms with Crippen LogP contribution in [0.3, 0.4) is 0 Å². The van der Waals surface area contributed by atoms with Crippen LogP contribution in [-0.4, -0.2) is 22.5 Å². The Balaban J connectivity index is 2.08. The first kappa shape index (κ1) is 11.9. The van der Waals surface area contributed by atoms with E-state index in [2.05, 4.69) is 24.0 Å². The van der Waals surface area contributed by atoms with Gasteiger partial charge in [0.25, 0.3) is 0 Å². The van der Waals surface area contributed by atoms with Gasteiger partial charge >= 0.3 is 5.97 Å². The minimum atomic E-state index is -0.348. The number of ether oxygens (including phenoxy) is 1. The number of hydrogen-bond donors (Lipinski definition) is 0. The number of thiophene rings is 1. The van der Waals surface area contributed by atoms with Gasteiger partial charge in [0.2, 0.25) is 0 Å². The summed E-state index contributed by atoms with van der Waals surface area (Å²) < 4.78 is 6.61. The molecule has 0 saturated carbocycles. The normalized spacial score (nSPS) is 10.8. The molecule has 19 heavy (non-hydrogen) atoms. The summed E-state index contributed by atoms with van der Waals surface area (Å²) >= 11 is 1.70. The molecular weight excluding hydrogens is 260 g/mol. The molecule has 3 aromatic heterocycles. The van der Waals surface area contributed by atoms with Crippen LogP contribution in [0.1, 0.15) is 15.2 Å². The number of aromatic nitrogens is 2. The molecule has 0 saturated heterocycles. The highest BCUT2D eigenvalue weighted by atomic mass is 32.1. The Morgan fingerprint density at radius 3 is 2.89 bits per heavy atom. The lowest BCUT2D eigenvalue weighted by molar-refractivity contribution is 0.0600. The molecule has 0 aliphatic heterocycles. The highest BCUT2D eigenvalue weighted by Gasteiger charge is 2.10. The maximum absolute atomic E-state index is 11.5. The standard InChI is InChI=1S/C14H12N2O2S/c1-9-3-4-12(19-9)11-8-16-6-5-10(14(17)18-2)7-13(16)15-11/h3-8H,1-2H3. The monoisotopic (exact) mass is 272 g/mol. The average Bonchev–Trinajstić information content (AvgIpc) is 3.02. The van der Waals surface area contributed by atoms with Crippen molar-refractivity contribution in [1.82, 2.24) is 9.38 Å². The first-order chi connectivity index (χ1) is 9.17. The molecule has 3 aromatic rings. The van der Waals surface area contributed by atoms with E-state index in [4.69, 9.17) is 4.74 Å². The van der Waals surface area contributed by atoms with Crippen molar-refractivity contribution in [2.24, 2.45) is 0 Å². The van der Waals surface area contributed by atoms with E-state index in [1.807, 2.05) is 16.8 Å². The van der Waals surface area contributed by atoms with Gasteiger partial charge in [0, 0.05) is 17.3 Å². The summed E-state index contributed by atoms with van der Waals surface area (Å²) in [4.78, 5) is 18.4. The Bertz CT molecular complexity index is 758. The summed E-state index contributed by atoms with van der Waals surface area (Å²) in [5.74, 6) is -0.348. The number of imidazole rings is 1. The zero-order valence-corrected chi connectivity index (χ0v) is 11.4. The molecule has 0 aliphatic carbocycles. The number of hydrogen-bond acceptors (Lipinski definition) is 4. The van der Waals surface area contributed by atoms with E-state index in [9.17, 15) is 4.79 Å². The van der Waals surface area contributed by atoms with Crippen LogP contribution < -0.4 is 0 Å². The van der Waals surface area contributed by atoms with Gasteiger partial charge < -0.3 is 9.14 Å². The van der Waals surface area contributed by atoms with Crippen LogP contribution in [0.5, 0.6) is 0 Å². The first-order valence-corrected chi connectivity index (χ1v) is 6.63. The minimum absolute atomic E-state index is 0.348. The minimum Gasteiger partial charge on any atom is -0.465 e.